The van der Waals surface area contributed by atoms with E-state index < -0.39 is 5.60 Å². The van der Waals surface area contributed by atoms with Crippen LogP contribution in [0.4, 0.5) is 0 Å². The molecule has 8 atom stereocenters. The van der Waals surface area contributed by atoms with Crippen molar-refractivity contribution in [3.05, 3.63) is 12.2 Å². The van der Waals surface area contributed by atoms with E-state index in [0.717, 1.165) is 25.7 Å². The number of fused-ring (bicyclic) bond motifs is 5. The van der Waals surface area contributed by atoms with Crippen molar-refractivity contribution in [1.29, 1.82) is 0 Å². The van der Waals surface area contributed by atoms with Crippen LogP contribution < -0.4 is 0 Å². The Morgan fingerprint density at radius 1 is 1.16 bits per heavy atom. The molecule has 0 aromatic rings. The second kappa shape index (κ2) is 5.80. The molecule has 5 heteroatoms. The van der Waals surface area contributed by atoms with E-state index in [1.54, 1.807) is 0 Å². The van der Waals surface area contributed by atoms with Crippen LogP contribution in [0.2, 0.25) is 0 Å². The summed E-state index contributed by atoms with van der Waals surface area (Å²) in [7, 11) is 0. The maximum atomic E-state index is 12.0. The average Bonchev–Trinajstić information content (AvgIpc) is 3.11. The minimum absolute atomic E-state index is 0.0262. The molecule has 4 aliphatic rings. The molecule has 1 N–H and O–H groups in total. The number of hydrogen-bond acceptors (Lipinski definition) is 5. The molecule has 0 aromatic heterocycles. The molecule has 4 heterocycles. The molecule has 0 unspecified atom stereocenters. The van der Waals surface area contributed by atoms with E-state index in [1.807, 2.05) is 6.92 Å². The molecule has 140 valence electrons. The van der Waals surface area contributed by atoms with E-state index >= 15 is 0 Å². The Morgan fingerprint density at radius 2 is 1.92 bits per heavy atom. The Labute approximate surface area is 149 Å². The van der Waals surface area contributed by atoms with Crippen LogP contribution in [0.1, 0.15) is 59.3 Å². The molecule has 0 radical (unpaired) electrons. The lowest BCUT2D eigenvalue weighted by Gasteiger charge is -2.45. The van der Waals surface area contributed by atoms with E-state index in [4.69, 9.17) is 14.2 Å². The largest absolute Gasteiger partial charge is 0.456 e. The minimum Gasteiger partial charge on any atom is -0.456 e. The van der Waals surface area contributed by atoms with Gasteiger partial charge in [0.2, 0.25) is 0 Å². The van der Waals surface area contributed by atoms with Crippen molar-refractivity contribution in [3.63, 3.8) is 0 Å². The fraction of sp³-hybridized carbons (Fsp3) is 0.850. The van der Waals surface area contributed by atoms with Crippen LogP contribution in [-0.4, -0.2) is 46.7 Å². The molecule has 0 amide bonds. The van der Waals surface area contributed by atoms with Gasteiger partial charge in [-0.1, -0.05) is 19.9 Å². The van der Waals surface area contributed by atoms with Crippen molar-refractivity contribution >= 4 is 5.97 Å². The molecule has 2 bridgehead atoms. The van der Waals surface area contributed by atoms with Crippen molar-refractivity contribution in [2.45, 2.75) is 94.9 Å². The lowest BCUT2D eigenvalue weighted by atomic mass is 9.75. The van der Waals surface area contributed by atoms with Crippen molar-refractivity contribution < 1.29 is 24.1 Å². The number of esters is 1. The third-order valence-corrected chi connectivity index (χ3v) is 7.00. The summed E-state index contributed by atoms with van der Waals surface area (Å²) < 4.78 is 17.9. The topological polar surface area (TPSA) is 68.3 Å². The smallest absolute Gasteiger partial charge is 0.334 e. The third kappa shape index (κ3) is 2.94. The highest BCUT2D eigenvalue weighted by Gasteiger charge is 2.56. The first-order chi connectivity index (χ1) is 11.7. The zero-order valence-corrected chi connectivity index (χ0v) is 15.5. The van der Waals surface area contributed by atoms with Gasteiger partial charge in [0.05, 0.1) is 29.5 Å². The molecule has 0 aromatic carbocycles. The van der Waals surface area contributed by atoms with Crippen LogP contribution in [0.25, 0.3) is 0 Å². The molecular weight excluding hydrogens is 320 g/mol. The van der Waals surface area contributed by atoms with Gasteiger partial charge >= 0.3 is 5.97 Å². The first kappa shape index (κ1) is 17.5. The normalized spacial score (nSPS) is 53.1. The summed E-state index contributed by atoms with van der Waals surface area (Å²) >= 11 is 0. The average molecular weight is 350 g/mol. The first-order valence-electron chi connectivity index (χ1n) is 9.67. The monoisotopic (exact) mass is 350 g/mol. The summed E-state index contributed by atoms with van der Waals surface area (Å²) in [4.78, 5) is 12.0. The third-order valence-electron chi connectivity index (χ3n) is 7.00. The number of ether oxygens (including phenoxy) is 3. The van der Waals surface area contributed by atoms with Gasteiger partial charge in [-0.25, -0.2) is 4.79 Å². The molecule has 0 saturated carbocycles. The van der Waals surface area contributed by atoms with Gasteiger partial charge in [-0.05, 0) is 51.9 Å². The summed E-state index contributed by atoms with van der Waals surface area (Å²) in [6.45, 7) is 10.1. The van der Waals surface area contributed by atoms with Gasteiger partial charge in [0.25, 0.3) is 0 Å². The van der Waals surface area contributed by atoms with Crippen molar-refractivity contribution in [3.8, 4) is 0 Å². The Kier molecular flexibility index (Phi) is 4.06. The zero-order valence-electron chi connectivity index (χ0n) is 15.5. The Morgan fingerprint density at radius 3 is 2.68 bits per heavy atom. The van der Waals surface area contributed by atoms with Crippen LogP contribution in [0.3, 0.4) is 0 Å². The molecule has 0 aliphatic carbocycles. The summed E-state index contributed by atoms with van der Waals surface area (Å²) in [5.74, 6) is -0.0943. The fourth-order valence-electron chi connectivity index (χ4n) is 5.01. The lowest BCUT2D eigenvalue weighted by molar-refractivity contribution is -0.208. The Balaban J connectivity index is 1.61. The maximum Gasteiger partial charge on any atom is 0.334 e. The Hall–Kier alpha value is -0.910. The molecule has 4 fully saturated rings. The minimum atomic E-state index is -0.944. The van der Waals surface area contributed by atoms with Gasteiger partial charge in [0.15, 0.2) is 0 Å². The van der Waals surface area contributed by atoms with Crippen LogP contribution in [0.15, 0.2) is 12.2 Å². The number of hydrogen-bond donors (Lipinski definition) is 1. The molecule has 4 saturated heterocycles. The molecule has 4 rings (SSSR count). The second-order valence-electron chi connectivity index (χ2n) is 9.01. The first-order valence-corrected chi connectivity index (χ1v) is 9.67. The lowest BCUT2D eigenvalue weighted by Crippen LogP contribution is -2.54. The van der Waals surface area contributed by atoms with E-state index in [9.17, 15) is 9.90 Å². The van der Waals surface area contributed by atoms with Gasteiger partial charge in [-0.15, -0.1) is 0 Å². The summed E-state index contributed by atoms with van der Waals surface area (Å²) in [5.41, 5.74) is -0.431. The highest BCUT2D eigenvalue weighted by atomic mass is 16.6. The molecule has 0 spiro atoms. The van der Waals surface area contributed by atoms with Crippen LogP contribution >= 0.6 is 0 Å². The van der Waals surface area contributed by atoms with E-state index in [-0.39, 0.29) is 47.8 Å². The summed E-state index contributed by atoms with van der Waals surface area (Å²) in [5, 5.41) is 11.1. The van der Waals surface area contributed by atoms with Crippen LogP contribution in [-0.2, 0) is 19.0 Å². The predicted molar refractivity (Wildman–Crippen MR) is 91.9 cm³/mol. The van der Waals surface area contributed by atoms with Gasteiger partial charge in [-0.2, -0.15) is 0 Å². The van der Waals surface area contributed by atoms with Gasteiger partial charge in [0, 0.05) is 11.5 Å². The van der Waals surface area contributed by atoms with Gasteiger partial charge < -0.3 is 19.3 Å². The maximum absolute atomic E-state index is 12.0. The quantitative estimate of drug-likeness (QED) is 0.413. The zero-order chi connectivity index (χ0) is 18.0. The van der Waals surface area contributed by atoms with Crippen LogP contribution in [0.5, 0.6) is 0 Å². The summed E-state index contributed by atoms with van der Waals surface area (Å²) in [6.07, 6.45) is 4.66. The van der Waals surface area contributed by atoms with Crippen molar-refractivity contribution in [2.24, 2.45) is 11.8 Å². The highest BCUT2D eigenvalue weighted by molar-refractivity contribution is 5.91. The molecular formula is C20H30O5. The van der Waals surface area contributed by atoms with Crippen molar-refractivity contribution in [1.82, 2.24) is 0 Å². The number of carbonyl (C=O) groups excluding carboxylic acids is 1. The fourth-order valence-corrected chi connectivity index (χ4v) is 5.01. The summed E-state index contributed by atoms with van der Waals surface area (Å²) in [6, 6.07) is 0. The number of rotatable bonds is 0. The van der Waals surface area contributed by atoms with Gasteiger partial charge in [-0.3, -0.25) is 0 Å². The Bertz CT molecular complexity index is 585. The van der Waals surface area contributed by atoms with Crippen LogP contribution in [0, 0.1) is 11.8 Å². The second-order valence-corrected chi connectivity index (χ2v) is 9.01. The van der Waals surface area contributed by atoms with Gasteiger partial charge in [0.1, 0.15) is 6.10 Å². The number of epoxide rings is 1. The highest BCUT2D eigenvalue weighted by Crippen LogP contribution is 2.48. The number of carbonyl (C=O) groups is 1. The van der Waals surface area contributed by atoms with Crippen molar-refractivity contribution in [2.75, 3.05) is 0 Å². The van der Waals surface area contributed by atoms with E-state index in [2.05, 4.69) is 20.4 Å². The molecule has 25 heavy (non-hydrogen) atoms. The SMILES string of the molecule is C=C1C(=O)O[C@H]2[C@H]3O[C@@H](C[C@@H]12)[C@](C)(O)CC[C@@H]1O[C@@]1(C)CCC[C@H]3C. The molecule has 5 nitrogen and oxygen atoms in total. The number of aliphatic hydroxyl groups is 1. The standard InChI is InChI=1S/C20H30O5/c1-11-6-5-8-20(4)14(25-20)7-9-19(3,22)15-10-13-12(2)18(21)24-17(13)16(11)23-15/h11,13-17,22H,2,5-10H2,1,3-4H3/t11-,13+,14+,15+,16+,17-,19-,20+/m1/s1. The van der Waals surface area contributed by atoms with E-state index in [0.29, 0.717) is 18.4 Å². The predicted octanol–water partition coefficient (Wildman–Crippen LogP) is 2.75. The molecule has 4 aliphatic heterocycles. The van der Waals surface area contributed by atoms with E-state index in [1.165, 1.54) is 0 Å².